The number of para-hydroxylation sites is 2. The number of aromatic hydroxyl groups is 1. The Morgan fingerprint density at radius 1 is 1.00 bits per heavy atom. The summed E-state index contributed by atoms with van der Waals surface area (Å²) in [7, 11) is 0. The summed E-state index contributed by atoms with van der Waals surface area (Å²) >= 11 is 6.75. The monoisotopic (exact) mass is 601 g/mol. The van der Waals surface area contributed by atoms with E-state index < -0.39 is 23.5 Å². The van der Waals surface area contributed by atoms with Crippen LogP contribution < -0.4 is 16.4 Å². The Bertz CT molecular complexity index is 1240. The molecular weight excluding hydrogens is 578 g/mol. The largest absolute Gasteiger partial charge is 0.508 e. The number of benzene rings is 3. The lowest BCUT2D eigenvalue weighted by atomic mass is 9.81. The molecular formula is C26H25Br2N3O4. The van der Waals surface area contributed by atoms with Crippen LogP contribution in [0.3, 0.4) is 0 Å². The molecule has 0 radical (unpaired) electrons. The third-order valence-corrected chi connectivity index (χ3v) is 6.17. The second-order valence-electron chi connectivity index (χ2n) is 8.35. The van der Waals surface area contributed by atoms with Crippen LogP contribution in [0.1, 0.15) is 25.5 Å². The molecule has 0 spiro atoms. The fourth-order valence-corrected chi connectivity index (χ4v) is 3.95. The maximum absolute atomic E-state index is 12.8. The number of halogens is 2. The molecule has 3 aromatic carbocycles. The second kappa shape index (κ2) is 11.4. The smallest absolute Gasteiger partial charge is 0.412 e. The molecule has 0 saturated heterocycles. The number of hydrogen-bond acceptors (Lipinski definition) is 5. The lowest BCUT2D eigenvalue weighted by molar-refractivity contribution is -0.112. The number of amides is 2. The van der Waals surface area contributed by atoms with Gasteiger partial charge in [-0.3, -0.25) is 10.1 Å². The molecule has 0 bridgehead atoms. The van der Waals surface area contributed by atoms with Crippen LogP contribution in [0.15, 0.2) is 87.8 Å². The lowest BCUT2D eigenvalue weighted by Gasteiger charge is -2.32. The number of nitrogen functional groups attached to an aromatic ring is 1. The fourth-order valence-electron chi connectivity index (χ4n) is 3.30. The van der Waals surface area contributed by atoms with Gasteiger partial charge in [-0.15, -0.1) is 0 Å². The first kappa shape index (κ1) is 26.3. The van der Waals surface area contributed by atoms with Crippen LogP contribution in [0.4, 0.5) is 21.9 Å². The number of phenols is 1. The van der Waals surface area contributed by atoms with Crippen molar-refractivity contribution in [2.75, 3.05) is 16.4 Å². The number of nitrogens with two attached hydrogens (primary N) is 1. The van der Waals surface area contributed by atoms with Crippen LogP contribution in [-0.2, 0) is 9.53 Å². The molecule has 0 fully saturated rings. The molecule has 1 atom stereocenters. The zero-order valence-electron chi connectivity index (χ0n) is 19.1. The first-order valence-corrected chi connectivity index (χ1v) is 12.2. The maximum atomic E-state index is 12.8. The maximum Gasteiger partial charge on any atom is 0.412 e. The van der Waals surface area contributed by atoms with E-state index in [2.05, 4.69) is 42.5 Å². The van der Waals surface area contributed by atoms with Crippen LogP contribution in [-0.4, -0.2) is 17.1 Å². The number of nitrogens with one attached hydrogen (secondary N) is 2. The van der Waals surface area contributed by atoms with Gasteiger partial charge in [0.2, 0.25) is 5.91 Å². The van der Waals surface area contributed by atoms with E-state index in [9.17, 15) is 14.7 Å². The quantitative estimate of drug-likeness (QED) is 0.172. The van der Waals surface area contributed by atoms with Crippen molar-refractivity contribution in [2.45, 2.75) is 20.0 Å². The Morgan fingerprint density at radius 2 is 1.66 bits per heavy atom. The lowest BCUT2D eigenvalue weighted by Crippen LogP contribution is -2.28. The van der Waals surface area contributed by atoms with Gasteiger partial charge in [-0.05, 0) is 60.7 Å². The standard InChI is InChI=1S/C26H25Br2N3O4/c1-26(2,14-13-23(33)31-21-6-4-3-5-20(21)29)24(19-15-17(28)9-12-22(19)32)35-25(34)30-18-10-7-16(27)8-11-18/h3-15,24,32H,29H2,1-2H3,(H,30,34)(H,31,33)/b14-13+/t24-/m0/s1. The molecule has 182 valence electrons. The Morgan fingerprint density at radius 3 is 2.34 bits per heavy atom. The highest BCUT2D eigenvalue weighted by molar-refractivity contribution is 9.10. The summed E-state index contributed by atoms with van der Waals surface area (Å²) in [6, 6.07) is 18.8. The molecule has 35 heavy (non-hydrogen) atoms. The minimum atomic E-state index is -0.929. The van der Waals surface area contributed by atoms with E-state index in [0.717, 1.165) is 4.47 Å². The van der Waals surface area contributed by atoms with Gasteiger partial charge in [0.05, 0.1) is 11.4 Å². The summed E-state index contributed by atoms with van der Waals surface area (Å²) in [5, 5.41) is 16.0. The van der Waals surface area contributed by atoms with E-state index in [1.54, 1.807) is 80.6 Å². The van der Waals surface area contributed by atoms with Crippen LogP contribution >= 0.6 is 31.9 Å². The molecule has 3 rings (SSSR count). The molecule has 9 heteroatoms. The van der Waals surface area contributed by atoms with Crippen LogP contribution in [0.2, 0.25) is 0 Å². The molecule has 2 amide bonds. The Balaban J connectivity index is 1.85. The number of carbonyl (C=O) groups is 2. The van der Waals surface area contributed by atoms with Crippen molar-refractivity contribution in [3.05, 3.63) is 93.4 Å². The van der Waals surface area contributed by atoms with Crippen molar-refractivity contribution in [1.82, 2.24) is 0 Å². The van der Waals surface area contributed by atoms with Gasteiger partial charge >= 0.3 is 6.09 Å². The molecule has 0 saturated carbocycles. The van der Waals surface area contributed by atoms with Gasteiger partial charge in [0.1, 0.15) is 11.9 Å². The number of anilines is 3. The Kier molecular flexibility index (Phi) is 8.58. The van der Waals surface area contributed by atoms with Gasteiger partial charge in [-0.25, -0.2) is 4.79 Å². The predicted octanol–water partition coefficient (Wildman–Crippen LogP) is 7.01. The molecule has 3 aromatic rings. The molecule has 0 aliphatic carbocycles. The molecule has 0 aliphatic heterocycles. The average molecular weight is 603 g/mol. The highest BCUT2D eigenvalue weighted by Gasteiger charge is 2.34. The zero-order chi connectivity index (χ0) is 25.6. The van der Waals surface area contributed by atoms with Crippen LogP contribution in [0.5, 0.6) is 5.75 Å². The molecule has 0 unspecified atom stereocenters. The van der Waals surface area contributed by atoms with E-state index in [-0.39, 0.29) is 5.75 Å². The van der Waals surface area contributed by atoms with Crippen LogP contribution in [0.25, 0.3) is 0 Å². The van der Waals surface area contributed by atoms with Crippen molar-refractivity contribution in [2.24, 2.45) is 5.41 Å². The Hall–Kier alpha value is -3.30. The third kappa shape index (κ3) is 7.34. The number of phenolic OH excluding ortho intramolecular Hbond substituents is 1. The minimum Gasteiger partial charge on any atom is -0.508 e. The highest BCUT2D eigenvalue weighted by Crippen LogP contribution is 2.42. The van der Waals surface area contributed by atoms with Crippen LogP contribution in [0, 0.1) is 5.41 Å². The summed E-state index contributed by atoms with van der Waals surface area (Å²) in [5.74, 6) is -0.440. The summed E-state index contributed by atoms with van der Waals surface area (Å²) in [5.41, 5.74) is 6.86. The first-order valence-electron chi connectivity index (χ1n) is 10.6. The number of ether oxygens (including phenoxy) is 1. The molecule has 0 aromatic heterocycles. The van der Waals surface area contributed by atoms with E-state index in [1.165, 1.54) is 12.1 Å². The van der Waals surface area contributed by atoms with Gasteiger partial charge in [0.25, 0.3) is 0 Å². The van der Waals surface area contributed by atoms with Gasteiger partial charge in [-0.1, -0.05) is 63.9 Å². The number of rotatable bonds is 7. The fraction of sp³-hybridized carbons (Fsp3) is 0.154. The van der Waals surface area contributed by atoms with E-state index in [4.69, 9.17) is 10.5 Å². The average Bonchev–Trinajstić information content (AvgIpc) is 2.81. The summed E-state index contributed by atoms with van der Waals surface area (Å²) in [6.45, 7) is 3.59. The minimum absolute atomic E-state index is 0.0439. The molecule has 0 aliphatic rings. The Labute approximate surface area is 220 Å². The molecule has 7 nitrogen and oxygen atoms in total. The van der Waals surface area contributed by atoms with Crippen molar-refractivity contribution < 1.29 is 19.4 Å². The second-order valence-corrected chi connectivity index (χ2v) is 10.2. The van der Waals surface area contributed by atoms with Gasteiger partial charge in [0.15, 0.2) is 0 Å². The normalized spacial score (nSPS) is 12.2. The van der Waals surface area contributed by atoms with E-state index in [1.807, 2.05) is 0 Å². The van der Waals surface area contributed by atoms with Crippen molar-refractivity contribution in [1.29, 1.82) is 0 Å². The van der Waals surface area contributed by atoms with E-state index in [0.29, 0.717) is 27.1 Å². The third-order valence-electron chi connectivity index (χ3n) is 5.15. The zero-order valence-corrected chi connectivity index (χ0v) is 22.3. The van der Waals surface area contributed by atoms with Crippen molar-refractivity contribution in [3.8, 4) is 5.75 Å². The first-order chi connectivity index (χ1) is 16.5. The van der Waals surface area contributed by atoms with Crippen molar-refractivity contribution >= 4 is 60.9 Å². The van der Waals surface area contributed by atoms with Gasteiger partial charge < -0.3 is 20.9 Å². The topological polar surface area (TPSA) is 114 Å². The van der Waals surface area contributed by atoms with Gasteiger partial charge in [-0.2, -0.15) is 0 Å². The number of carbonyl (C=O) groups excluding carboxylic acids is 2. The summed E-state index contributed by atoms with van der Waals surface area (Å²) in [6.07, 6.45) is 1.34. The van der Waals surface area contributed by atoms with Gasteiger partial charge in [0, 0.05) is 25.6 Å². The molecule has 5 N–H and O–H groups in total. The SMILES string of the molecule is CC(C)(/C=C/C(=O)Nc1ccccc1N)[C@@H](OC(=O)Nc1ccc(Br)cc1)c1cc(Br)ccc1O. The van der Waals surface area contributed by atoms with E-state index >= 15 is 0 Å². The summed E-state index contributed by atoms with van der Waals surface area (Å²) in [4.78, 5) is 25.3. The highest BCUT2D eigenvalue weighted by atomic mass is 79.9. The molecule has 0 heterocycles. The predicted molar refractivity (Wildman–Crippen MR) is 145 cm³/mol. The number of hydrogen-bond donors (Lipinski definition) is 4. The van der Waals surface area contributed by atoms with Crippen molar-refractivity contribution in [3.63, 3.8) is 0 Å². The summed E-state index contributed by atoms with van der Waals surface area (Å²) < 4.78 is 7.36.